The lowest BCUT2D eigenvalue weighted by Crippen LogP contribution is -2.43. The molecule has 1 saturated carbocycles. The molecule has 6 heteroatoms. The quantitative estimate of drug-likeness (QED) is 0.771. The van der Waals surface area contributed by atoms with Gasteiger partial charge >= 0.3 is 5.97 Å². The van der Waals surface area contributed by atoms with Gasteiger partial charge in [-0.05, 0) is 66.5 Å². The van der Waals surface area contributed by atoms with Crippen LogP contribution in [0.15, 0.2) is 36.4 Å². The van der Waals surface area contributed by atoms with Gasteiger partial charge in [0, 0.05) is 17.9 Å². The lowest BCUT2D eigenvalue weighted by atomic mass is 9.78. The highest BCUT2D eigenvalue weighted by molar-refractivity contribution is 5.86. The molecule has 0 saturated heterocycles. The summed E-state index contributed by atoms with van der Waals surface area (Å²) in [4.78, 5) is 27.4. The van der Waals surface area contributed by atoms with Crippen molar-refractivity contribution >= 4 is 11.9 Å². The minimum absolute atomic E-state index is 0.0676. The van der Waals surface area contributed by atoms with Crippen LogP contribution in [-0.4, -0.2) is 42.6 Å². The van der Waals surface area contributed by atoms with Crippen molar-refractivity contribution in [3.05, 3.63) is 58.7 Å². The molecular formula is C26H29NO5. The van der Waals surface area contributed by atoms with Gasteiger partial charge < -0.3 is 19.5 Å². The van der Waals surface area contributed by atoms with E-state index in [1.165, 1.54) is 11.1 Å². The van der Waals surface area contributed by atoms with E-state index in [-0.39, 0.29) is 23.7 Å². The van der Waals surface area contributed by atoms with Gasteiger partial charge in [0.1, 0.15) is 0 Å². The SMILES string of the molecule is COc1cc2c(cc1OC)C(CC(=O)O)N(C(=O)C1CC13CCCc1ccccc13)CC2. The highest BCUT2D eigenvalue weighted by Crippen LogP contribution is 2.61. The third kappa shape index (κ3) is 3.24. The maximum absolute atomic E-state index is 13.8. The summed E-state index contributed by atoms with van der Waals surface area (Å²) in [6.45, 7) is 0.521. The molecule has 1 N–H and O–H groups in total. The molecular weight excluding hydrogens is 406 g/mol. The number of amides is 1. The monoisotopic (exact) mass is 435 g/mol. The first-order chi connectivity index (χ1) is 15.5. The summed E-state index contributed by atoms with van der Waals surface area (Å²) >= 11 is 0. The molecule has 1 aliphatic heterocycles. The maximum Gasteiger partial charge on any atom is 0.305 e. The van der Waals surface area contributed by atoms with Crippen molar-refractivity contribution in [2.45, 2.75) is 50.0 Å². The van der Waals surface area contributed by atoms with Crippen molar-refractivity contribution in [2.75, 3.05) is 20.8 Å². The van der Waals surface area contributed by atoms with Crippen LogP contribution in [-0.2, 0) is 27.8 Å². The number of hydrogen-bond acceptors (Lipinski definition) is 4. The van der Waals surface area contributed by atoms with Crippen molar-refractivity contribution in [3.8, 4) is 11.5 Å². The van der Waals surface area contributed by atoms with Crippen LogP contribution in [0.4, 0.5) is 0 Å². The summed E-state index contributed by atoms with van der Waals surface area (Å²) in [5.41, 5.74) is 4.48. The third-order valence-electron chi connectivity index (χ3n) is 7.65. The Morgan fingerprint density at radius 2 is 1.84 bits per heavy atom. The zero-order chi connectivity index (χ0) is 22.5. The molecule has 3 aliphatic rings. The van der Waals surface area contributed by atoms with Gasteiger partial charge in [0.15, 0.2) is 11.5 Å². The Balaban J connectivity index is 1.48. The average Bonchev–Trinajstić information content (AvgIpc) is 3.52. The van der Waals surface area contributed by atoms with Gasteiger partial charge in [0.2, 0.25) is 5.91 Å². The molecule has 0 aromatic heterocycles. The van der Waals surface area contributed by atoms with E-state index in [1.54, 1.807) is 14.2 Å². The molecule has 32 heavy (non-hydrogen) atoms. The van der Waals surface area contributed by atoms with Gasteiger partial charge in [-0.15, -0.1) is 0 Å². The fourth-order valence-electron chi connectivity index (χ4n) is 6.03. The second-order valence-electron chi connectivity index (χ2n) is 9.22. The molecule has 6 nitrogen and oxygen atoms in total. The molecule has 168 valence electrons. The predicted molar refractivity (Wildman–Crippen MR) is 119 cm³/mol. The maximum atomic E-state index is 13.8. The van der Waals surface area contributed by atoms with Crippen LogP contribution in [0.1, 0.15) is 54.0 Å². The first kappa shape index (κ1) is 20.9. The van der Waals surface area contributed by atoms with E-state index < -0.39 is 12.0 Å². The number of fused-ring (bicyclic) bond motifs is 3. The second kappa shape index (κ2) is 7.84. The van der Waals surface area contributed by atoms with Crippen LogP contribution in [0.25, 0.3) is 0 Å². The number of benzene rings is 2. The van der Waals surface area contributed by atoms with Crippen molar-refractivity contribution in [2.24, 2.45) is 5.92 Å². The second-order valence-corrected chi connectivity index (χ2v) is 9.22. The van der Waals surface area contributed by atoms with Gasteiger partial charge in [-0.1, -0.05) is 24.3 Å². The van der Waals surface area contributed by atoms with Crippen LogP contribution in [0, 0.1) is 5.92 Å². The molecule has 1 amide bonds. The van der Waals surface area contributed by atoms with Crippen LogP contribution in [0.3, 0.4) is 0 Å². The molecule has 5 rings (SSSR count). The van der Waals surface area contributed by atoms with E-state index in [1.807, 2.05) is 17.0 Å². The molecule has 2 aromatic carbocycles. The zero-order valence-corrected chi connectivity index (χ0v) is 18.6. The first-order valence-corrected chi connectivity index (χ1v) is 11.3. The number of methoxy groups -OCH3 is 2. The molecule has 1 spiro atoms. The number of hydrogen-bond donors (Lipinski definition) is 1. The Kier molecular flexibility index (Phi) is 5.11. The minimum atomic E-state index is -0.913. The summed E-state index contributed by atoms with van der Waals surface area (Å²) in [6, 6.07) is 11.8. The molecule has 3 unspecified atom stereocenters. The highest BCUT2D eigenvalue weighted by Gasteiger charge is 2.61. The van der Waals surface area contributed by atoms with Crippen molar-refractivity contribution in [1.29, 1.82) is 0 Å². The smallest absolute Gasteiger partial charge is 0.305 e. The number of carbonyl (C=O) groups excluding carboxylic acids is 1. The number of aryl methyl sites for hydroxylation is 1. The fourth-order valence-corrected chi connectivity index (χ4v) is 6.03. The van der Waals surface area contributed by atoms with Gasteiger partial charge in [0.25, 0.3) is 0 Å². The van der Waals surface area contributed by atoms with Crippen molar-refractivity contribution < 1.29 is 24.2 Å². The van der Waals surface area contributed by atoms with E-state index in [0.29, 0.717) is 24.5 Å². The van der Waals surface area contributed by atoms with E-state index >= 15 is 0 Å². The highest BCUT2D eigenvalue weighted by atomic mass is 16.5. The number of carbonyl (C=O) groups is 2. The summed E-state index contributed by atoms with van der Waals surface area (Å²) in [6.07, 6.45) is 4.61. The number of ether oxygens (including phenoxy) is 2. The zero-order valence-electron chi connectivity index (χ0n) is 18.6. The summed E-state index contributed by atoms with van der Waals surface area (Å²) in [5.74, 6) is 0.291. The average molecular weight is 436 g/mol. The van der Waals surface area contributed by atoms with Crippen LogP contribution < -0.4 is 9.47 Å². The van der Waals surface area contributed by atoms with Gasteiger partial charge in [-0.3, -0.25) is 9.59 Å². The first-order valence-electron chi connectivity index (χ1n) is 11.3. The number of rotatable bonds is 5. The molecule has 3 atom stereocenters. The predicted octanol–water partition coefficient (Wildman–Crippen LogP) is 3.90. The van der Waals surface area contributed by atoms with E-state index in [9.17, 15) is 14.7 Å². The Morgan fingerprint density at radius 1 is 1.09 bits per heavy atom. The number of nitrogens with zero attached hydrogens (tertiary/aromatic N) is 1. The largest absolute Gasteiger partial charge is 0.493 e. The Labute approximate surface area is 188 Å². The lowest BCUT2D eigenvalue weighted by molar-refractivity contribution is -0.142. The number of carboxylic acid groups (broad SMARTS) is 1. The minimum Gasteiger partial charge on any atom is -0.493 e. The normalized spacial score (nSPS) is 25.6. The van der Waals surface area contributed by atoms with E-state index in [2.05, 4.69) is 24.3 Å². The Morgan fingerprint density at radius 3 is 2.59 bits per heavy atom. The molecule has 0 radical (unpaired) electrons. The topological polar surface area (TPSA) is 76.1 Å². The van der Waals surface area contributed by atoms with Gasteiger partial charge in [-0.25, -0.2) is 0 Å². The Bertz CT molecular complexity index is 1080. The van der Waals surface area contributed by atoms with Gasteiger partial charge in [0.05, 0.1) is 26.7 Å². The van der Waals surface area contributed by atoms with Gasteiger partial charge in [-0.2, -0.15) is 0 Å². The molecule has 0 bridgehead atoms. The van der Waals surface area contributed by atoms with Crippen molar-refractivity contribution in [3.63, 3.8) is 0 Å². The summed E-state index contributed by atoms with van der Waals surface area (Å²) in [5, 5.41) is 9.65. The molecule has 2 aliphatic carbocycles. The summed E-state index contributed by atoms with van der Waals surface area (Å²) < 4.78 is 10.9. The lowest BCUT2D eigenvalue weighted by Gasteiger charge is -2.38. The number of carboxylic acids is 1. The fraction of sp³-hybridized carbons (Fsp3) is 0.462. The molecule has 1 fully saturated rings. The standard InChI is InChI=1S/C26H29NO5/c1-31-22-12-17-9-11-27(21(14-24(28)29)18(17)13-23(22)32-2)25(30)20-15-26(20)10-5-7-16-6-3-4-8-19(16)26/h3-4,6,8,12-13,20-21H,5,7,9-11,14-15H2,1-2H3,(H,28,29). The van der Waals surface area contributed by atoms with Crippen LogP contribution in [0.5, 0.6) is 11.5 Å². The van der Waals surface area contributed by atoms with E-state index in [0.717, 1.165) is 36.8 Å². The Hall–Kier alpha value is -3.02. The van der Waals surface area contributed by atoms with Crippen LogP contribution >= 0.6 is 0 Å². The molecule has 1 heterocycles. The number of aliphatic carboxylic acids is 1. The summed E-state index contributed by atoms with van der Waals surface area (Å²) in [7, 11) is 3.16. The third-order valence-corrected chi connectivity index (χ3v) is 7.65. The van der Waals surface area contributed by atoms with E-state index in [4.69, 9.17) is 9.47 Å². The van der Waals surface area contributed by atoms with Crippen molar-refractivity contribution in [1.82, 2.24) is 4.90 Å². The van der Waals surface area contributed by atoms with Crippen LogP contribution in [0.2, 0.25) is 0 Å². The molecule has 2 aromatic rings.